The van der Waals surface area contributed by atoms with Crippen LogP contribution in [-0.4, -0.2) is 24.9 Å². The Morgan fingerprint density at radius 2 is 1.81 bits per heavy atom. The van der Waals surface area contributed by atoms with Gasteiger partial charge >= 0.3 is 0 Å². The zero-order valence-corrected chi connectivity index (χ0v) is 17.0. The van der Waals surface area contributed by atoms with Crippen molar-refractivity contribution in [2.24, 2.45) is 0 Å². The van der Waals surface area contributed by atoms with Crippen molar-refractivity contribution in [1.29, 1.82) is 0 Å². The number of halogens is 3. The summed E-state index contributed by atoms with van der Waals surface area (Å²) in [6.45, 7) is 1.92. The first-order valence-corrected chi connectivity index (χ1v) is 9.83. The SMILES string of the molecule is CC(Nc1ncnc2[nH]cnc12)c1cc2ccc(F)cc2nc1-c1cc(F)ccc1Cl. The van der Waals surface area contributed by atoms with Crippen LogP contribution in [0.25, 0.3) is 33.3 Å². The van der Waals surface area contributed by atoms with Crippen LogP contribution in [0.15, 0.2) is 55.1 Å². The summed E-state index contributed by atoms with van der Waals surface area (Å²) < 4.78 is 27.9. The van der Waals surface area contributed by atoms with E-state index >= 15 is 0 Å². The second kappa shape index (κ2) is 7.55. The van der Waals surface area contributed by atoms with E-state index in [0.717, 1.165) is 10.9 Å². The molecule has 154 valence electrons. The second-order valence-electron chi connectivity index (χ2n) is 7.08. The monoisotopic (exact) mass is 436 g/mol. The van der Waals surface area contributed by atoms with Crippen LogP contribution in [0.1, 0.15) is 18.5 Å². The number of aromatic nitrogens is 5. The fourth-order valence-electron chi connectivity index (χ4n) is 3.53. The second-order valence-corrected chi connectivity index (χ2v) is 7.48. The number of pyridine rings is 1. The lowest BCUT2D eigenvalue weighted by Crippen LogP contribution is -2.11. The first kappa shape index (κ1) is 19.3. The number of imidazole rings is 1. The van der Waals surface area contributed by atoms with Crippen molar-refractivity contribution in [3.05, 3.63) is 77.3 Å². The average Bonchev–Trinajstić information content (AvgIpc) is 3.24. The Hall–Kier alpha value is -3.65. The summed E-state index contributed by atoms with van der Waals surface area (Å²) in [5.74, 6) is -0.313. The molecule has 5 aromatic rings. The molecule has 31 heavy (non-hydrogen) atoms. The number of aromatic amines is 1. The smallest absolute Gasteiger partial charge is 0.162 e. The number of H-pyrrole nitrogens is 1. The Morgan fingerprint density at radius 3 is 2.68 bits per heavy atom. The van der Waals surface area contributed by atoms with Crippen molar-refractivity contribution in [3.63, 3.8) is 0 Å². The van der Waals surface area contributed by atoms with Gasteiger partial charge in [-0.1, -0.05) is 11.6 Å². The number of benzene rings is 2. The van der Waals surface area contributed by atoms with Gasteiger partial charge in [0.25, 0.3) is 0 Å². The highest BCUT2D eigenvalue weighted by Gasteiger charge is 2.19. The maximum Gasteiger partial charge on any atom is 0.162 e. The molecule has 0 aliphatic rings. The van der Waals surface area contributed by atoms with Crippen LogP contribution in [0.5, 0.6) is 0 Å². The number of hydrogen-bond acceptors (Lipinski definition) is 5. The van der Waals surface area contributed by atoms with Gasteiger partial charge in [0.15, 0.2) is 11.5 Å². The molecule has 1 atom stereocenters. The van der Waals surface area contributed by atoms with Gasteiger partial charge in [0.1, 0.15) is 23.5 Å². The highest BCUT2D eigenvalue weighted by atomic mass is 35.5. The Balaban J connectivity index is 1.68. The van der Waals surface area contributed by atoms with Crippen molar-refractivity contribution >= 4 is 39.5 Å². The number of hydrogen-bond donors (Lipinski definition) is 2. The Bertz CT molecular complexity index is 1430. The van der Waals surface area contributed by atoms with Crippen LogP contribution >= 0.6 is 11.6 Å². The summed E-state index contributed by atoms with van der Waals surface area (Å²) in [6, 6.07) is 10.0. The summed E-state index contributed by atoms with van der Waals surface area (Å²) in [6.07, 6.45) is 2.97. The van der Waals surface area contributed by atoms with Crippen molar-refractivity contribution in [2.45, 2.75) is 13.0 Å². The summed E-state index contributed by atoms with van der Waals surface area (Å²) in [4.78, 5) is 20.3. The molecule has 0 bridgehead atoms. The Morgan fingerprint density at radius 1 is 1.00 bits per heavy atom. The van der Waals surface area contributed by atoms with Gasteiger partial charge < -0.3 is 10.3 Å². The standard InChI is InChI=1S/C22H15ClF2N6/c1-11(30-22-20-21(27-9-26-20)28-10-29-22)15-6-12-2-3-14(25)8-18(12)31-19(15)16-7-13(24)4-5-17(16)23/h2-11H,1H3,(H2,26,27,28,29,30). The van der Waals surface area contributed by atoms with Crippen LogP contribution in [0, 0.1) is 11.6 Å². The molecule has 3 aromatic heterocycles. The van der Waals surface area contributed by atoms with Crippen LogP contribution in [0.3, 0.4) is 0 Å². The van der Waals surface area contributed by atoms with E-state index in [2.05, 4.69) is 30.2 Å². The Kier molecular flexibility index (Phi) is 4.71. The molecule has 0 aliphatic heterocycles. The van der Waals surface area contributed by atoms with Crippen LogP contribution < -0.4 is 5.32 Å². The summed E-state index contributed by atoms with van der Waals surface area (Å²) in [5, 5.41) is 4.41. The largest absolute Gasteiger partial charge is 0.362 e. The quantitative estimate of drug-likeness (QED) is 0.379. The van der Waals surface area contributed by atoms with Crippen molar-refractivity contribution < 1.29 is 8.78 Å². The molecule has 3 heterocycles. The fourth-order valence-corrected chi connectivity index (χ4v) is 3.74. The molecule has 0 aliphatic carbocycles. The van der Waals surface area contributed by atoms with Gasteiger partial charge in [0.05, 0.1) is 28.6 Å². The molecule has 0 spiro atoms. The number of nitrogens with zero attached hydrogens (tertiary/aromatic N) is 4. The maximum atomic E-state index is 14.0. The number of fused-ring (bicyclic) bond motifs is 2. The van der Waals surface area contributed by atoms with Gasteiger partial charge in [-0.3, -0.25) is 0 Å². The third kappa shape index (κ3) is 3.55. The van der Waals surface area contributed by atoms with E-state index < -0.39 is 11.6 Å². The van der Waals surface area contributed by atoms with Gasteiger partial charge in [0, 0.05) is 22.6 Å². The number of anilines is 1. The molecule has 0 saturated carbocycles. The van der Waals surface area contributed by atoms with Gasteiger partial charge in [-0.05, 0) is 43.3 Å². The molecule has 2 aromatic carbocycles. The average molecular weight is 437 g/mol. The third-order valence-corrected chi connectivity index (χ3v) is 5.36. The van der Waals surface area contributed by atoms with Crippen LogP contribution in [0.4, 0.5) is 14.6 Å². The molecule has 2 N–H and O–H groups in total. The lowest BCUT2D eigenvalue weighted by atomic mass is 9.98. The van der Waals surface area contributed by atoms with Gasteiger partial charge in [-0.15, -0.1) is 0 Å². The lowest BCUT2D eigenvalue weighted by molar-refractivity contribution is 0.628. The van der Waals surface area contributed by atoms with E-state index in [0.29, 0.717) is 38.8 Å². The van der Waals surface area contributed by atoms with E-state index in [-0.39, 0.29) is 6.04 Å². The van der Waals surface area contributed by atoms with E-state index in [4.69, 9.17) is 11.6 Å². The minimum absolute atomic E-state index is 0.314. The lowest BCUT2D eigenvalue weighted by Gasteiger charge is -2.20. The first-order chi connectivity index (χ1) is 15.0. The van der Waals surface area contributed by atoms with Crippen molar-refractivity contribution in [3.8, 4) is 11.3 Å². The minimum atomic E-state index is -0.443. The maximum absolute atomic E-state index is 14.0. The van der Waals surface area contributed by atoms with Crippen molar-refractivity contribution in [2.75, 3.05) is 5.32 Å². The zero-order chi connectivity index (χ0) is 21.5. The molecule has 5 rings (SSSR count). The van der Waals surface area contributed by atoms with E-state index in [9.17, 15) is 8.78 Å². The third-order valence-electron chi connectivity index (χ3n) is 5.03. The predicted octanol–water partition coefficient (Wildman–Crippen LogP) is 5.67. The number of rotatable bonds is 4. The molecule has 6 nitrogen and oxygen atoms in total. The normalized spacial score (nSPS) is 12.4. The Labute approximate surface area is 180 Å². The molecular weight excluding hydrogens is 422 g/mol. The van der Waals surface area contributed by atoms with Gasteiger partial charge in [0.2, 0.25) is 0 Å². The molecule has 9 heteroatoms. The topological polar surface area (TPSA) is 79.4 Å². The summed E-state index contributed by atoms with van der Waals surface area (Å²) in [7, 11) is 0. The van der Waals surface area contributed by atoms with E-state index in [1.54, 1.807) is 12.4 Å². The number of nitrogens with one attached hydrogen (secondary N) is 2. The van der Waals surface area contributed by atoms with Crippen LogP contribution in [0.2, 0.25) is 5.02 Å². The highest BCUT2D eigenvalue weighted by Crippen LogP contribution is 2.36. The van der Waals surface area contributed by atoms with E-state index in [1.807, 2.05) is 13.0 Å². The van der Waals surface area contributed by atoms with Gasteiger partial charge in [-0.25, -0.2) is 28.7 Å². The van der Waals surface area contributed by atoms with Gasteiger partial charge in [-0.2, -0.15) is 0 Å². The van der Waals surface area contributed by atoms with E-state index in [1.165, 1.54) is 36.7 Å². The zero-order valence-electron chi connectivity index (χ0n) is 16.2. The fraction of sp³-hybridized carbons (Fsp3) is 0.0909. The first-order valence-electron chi connectivity index (χ1n) is 9.46. The molecule has 0 fully saturated rings. The predicted molar refractivity (Wildman–Crippen MR) is 116 cm³/mol. The highest BCUT2D eigenvalue weighted by molar-refractivity contribution is 6.33. The molecule has 0 saturated heterocycles. The minimum Gasteiger partial charge on any atom is -0.362 e. The summed E-state index contributed by atoms with van der Waals surface area (Å²) in [5.41, 5.74) is 3.26. The molecular formula is C22H15ClF2N6. The molecule has 0 amide bonds. The molecule has 1 unspecified atom stereocenters. The van der Waals surface area contributed by atoms with Crippen LogP contribution in [-0.2, 0) is 0 Å². The summed E-state index contributed by atoms with van der Waals surface area (Å²) >= 11 is 6.38. The molecule has 0 radical (unpaired) electrons. The van der Waals surface area contributed by atoms with Crippen molar-refractivity contribution in [1.82, 2.24) is 24.9 Å².